The van der Waals surface area contributed by atoms with E-state index in [1.807, 2.05) is 0 Å². The minimum Gasteiger partial charge on any atom is -0.507 e. The fourth-order valence-electron chi connectivity index (χ4n) is 1.71. The van der Waals surface area contributed by atoms with Crippen LogP contribution in [0.1, 0.15) is 31.7 Å². The molecule has 1 aromatic rings. The lowest BCUT2D eigenvalue weighted by Crippen LogP contribution is -1.95. The zero-order chi connectivity index (χ0) is 12.0. The van der Waals surface area contributed by atoms with Gasteiger partial charge < -0.3 is 14.6 Å². The summed E-state index contributed by atoms with van der Waals surface area (Å²) in [4.78, 5) is 0. The monoisotopic (exact) mass is 224 g/mol. The molecule has 0 radical (unpaired) electrons. The molecular weight excluding hydrogens is 204 g/mol. The highest BCUT2D eigenvalue weighted by molar-refractivity contribution is 5.49. The highest BCUT2D eigenvalue weighted by Crippen LogP contribution is 2.34. The minimum absolute atomic E-state index is 0.257. The molecule has 0 aliphatic carbocycles. The molecule has 0 saturated heterocycles. The number of phenols is 1. The van der Waals surface area contributed by atoms with Gasteiger partial charge in [-0.25, -0.2) is 0 Å². The van der Waals surface area contributed by atoms with Crippen molar-refractivity contribution in [1.29, 1.82) is 0 Å². The van der Waals surface area contributed by atoms with E-state index < -0.39 is 0 Å². The molecule has 0 unspecified atom stereocenters. The average molecular weight is 224 g/mol. The molecule has 3 nitrogen and oxygen atoms in total. The molecule has 3 heteroatoms. The molecule has 0 amide bonds. The van der Waals surface area contributed by atoms with Crippen molar-refractivity contribution in [2.45, 2.75) is 32.6 Å². The molecule has 16 heavy (non-hydrogen) atoms. The van der Waals surface area contributed by atoms with Gasteiger partial charge in [0.05, 0.1) is 14.2 Å². The first-order valence-corrected chi connectivity index (χ1v) is 5.66. The predicted molar refractivity (Wildman–Crippen MR) is 64.4 cm³/mol. The Morgan fingerprint density at radius 1 is 1.12 bits per heavy atom. The van der Waals surface area contributed by atoms with E-state index in [1.54, 1.807) is 26.4 Å². The van der Waals surface area contributed by atoms with Crippen molar-refractivity contribution in [3.8, 4) is 17.2 Å². The third-order valence-corrected chi connectivity index (χ3v) is 2.64. The summed E-state index contributed by atoms with van der Waals surface area (Å²) in [5.74, 6) is 1.58. The molecule has 1 rings (SSSR count). The smallest absolute Gasteiger partial charge is 0.129 e. The van der Waals surface area contributed by atoms with Crippen LogP contribution in [0.25, 0.3) is 0 Å². The van der Waals surface area contributed by atoms with E-state index in [2.05, 4.69) is 6.92 Å². The summed E-state index contributed by atoms with van der Waals surface area (Å²) in [5.41, 5.74) is 0.872. The first kappa shape index (κ1) is 12.7. The standard InChI is InChI=1S/C13H20O3/c1-4-5-6-7-11-12(14)8-10(15-2)9-13(11)16-3/h8-9,14H,4-7H2,1-3H3. The second kappa shape index (κ2) is 6.26. The van der Waals surface area contributed by atoms with E-state index in [0.717, 1.165) is 24.8 Å². The zero-order valence-electron chi connectivity index (χ0n) is 10.2. The van der Waals surface area contributed by atoms with Gasteiger partial charge in [0, 0.05) is 17.7 Å². The van der Waals surface area contributed by atoms with E-state index in [-0.39, 0.29) is 5.75 Å². The van der Waals surface area contributed by atoms with Gasteiger partial charge in [0.2, 0.25) is 0 Å². The summed E-state index contributed by atoms with van der Waals surface area (Å²) in [6.45, 7) is 2.16. The van der Waals surface area contributed by atoms with Crippen LogP contribution in [0.2, 0.25) is 0 Å². The predicted octanol–water partition coefficient (Wildman–Crippen LogP) is 3.14. The molecule has 0 aliphatic rings. The highest BCUT2D eigenvalue weighted by Gasteiger charge is 2.11. The number of benzene rings is 1. The molecule has 0 aromatic heterocycles. The Kier molecular flexibility index (Phi) is 4.96. The lowest BCUT2D eigenvalue weighted by molar-refractivity contribution is 0.378. The summed E-state index contributed by atoms with van der Waals surface area (Å²) in [5, 5.41) is 9.87. The van der Waals surface area contributed by atoms with Gasteiger partial charge in [-0.15, -0.1) is 0 Å². The Balaban J connectivity index is 2.88. The van der Waals surface area contributed by atoms with Gasteiger partial charge in [-0.3, -0.25) is 0 Å². The molecule has 1 N–H and O–H groups in total. The number of hydrogen-bond donors (Lipinski definition) is 1. The number of rotatable bonds is 6. The Morgan fingerprint density at radius 3 is 2.44 bits per heavy atom. The number of methoxy groups -OCH3 is 2. The molecule has 0 aliphatic heterocycles. The van der Waals surface area contributed by atoms with Crippen molar-refractivity contribution in [2.24, 2.45) is 0 Å². The van der Waals surface area contributed by atoms with Gasteiger partial charge in [-0.2, -0.15) is 0 Å². The molecular formula is C13H20O3. The van der Waals surface area contributed by atoms with Crippen LogP contribution in [0.3, 0.4) is 0 Å². The molecule has 0 atom stereocenters. The van der Waals surface area contributed by atoms with E-state index >= 15 is 0 Å². The fourth-order valence-corrected chi connectivity index (χ4v) is 1.71. The highest BCUT2D eigenvalue weighted by atomic mass is 16.5. The normalized spacial score (nSPS) is 10.2. The maximum Gasteiger partial charge on any atom is 0.129 e. The second-order valence-corrected chi connectivity index (χ2v) is 3.78. The lowest BCUT2D eigenvalue weighted by atomic mass is 10.0. The maximum absolute atomic E-state index is 9.87. The van der Waals surface area contributed by atoms with E-state index in [9.17, 15) is 5.11 Å². The zero-order valence-corrected chi connectivity index (χ0v) is 10.2. The van der Waals surface area contributed by atoms with Gasteiger partial charge in [-0.1, -0.05) is 19.8 Å². The summed E-state index contributed by atoms with van der Waals surface area (Å²) < 4.78 is 10.3. The molecule has 90 valence electrons. The summed E-state index contributed by atoms with van der Waals surface area (Å²) >= 11 is 0. The van der Waals surface area contributed by atoms with Gasteiger partial charge in [0.25, 0.3) is 0 Å². The SMILES string of the molecule is CCCCCc1c(O)cc(OC)cc1OC. The van der Waals surface area contributed by atoms with Crippen molar-refractivity contribution >= 4 is 0 Å². The Morgan fingerprint density at radius 2 is 1.88 bits per heavy atom. The largest absolute Gasteiger partial charge is 0.507 e. The Labute approximate surface area is 97.0 Å². The van der Waals surface area contributed by atoms with Crippen LogP contribution in [0.4, 0.5) is 0 Å². The van der Waals surface area contributed by atoms with Gasteiger partial charge in [0.15, 0.2) is 0 Å². The van der Waals surface area contributed by atoms with E-state index in [0.29, 0.717) is 11.5 Å². The van der Waals surface area contributed by atoms with Crippen molar-refractivity contribution in [3.63, 3.8) is 0 Å². The number of phenolic OH excluding ortho intramolecular Hbond substituents is 1. The first-order valence-electron chi connectivity index (χ1n) is 5.66. The van der Waals surface area contributed by atoms with Crippen molar-refractivity contribution in [3.05, 3.63) is 17.7 Å². The summed E-state index contributed by atoms with van der Waals surface area (Å²) in [7, 11) is 3.18. The van der Waals surface area contributed by atoms with Crippen LogP contribution in [0.5, 0.6) is 17.2 Å². The van der Waals surface area contributed by atoms with Crippen LogP contribution in [-0.4, -0.2) is 19.3 Å². The fraction of sp³-hybridized carbons (Fsp3) is 0.538. The van der Waals surface area contributed by atoms with Crippen LogP contribution in [0.15, 0.2) is 12.1 Å². The Hall–Kier alpha value is -1.38. The lowest BCUT2D eigenvalue weighted by Gasteiger charge is -2.12. The number of ether oxygens (including phenoxy) is 2. The van der Waals surface area contributed by atoms with E-state index in [1.165, 1.54) is 6.42 Å². The van der Waals surface area contributed by atoms with Gasteiger partial charge in [-0.05, 0) is 12.8 Å². The quantitative estimate of drug-likeness (QED) is 0.754. The Bertz CT molecular complexity index is 334. The van der Waals surface area contributed by atoms with Crippen LogP contribution >= 0.6 is 0 Å². The molecule has 1 aromatic carbocycles. The third-order valence-electron chi connectivity index (χ3n) is 2.64. The van der Waals surface area contributed by atoms with Crippen molar-refractivity contribution < 1.29 is 14.6 Å². The number of unbranched alkanes of at least 4 members (excludes halogenated alkanes) is 2. The van der Waals surface area contributed by atoms with E-state index in [4.69, 9.17) is 9.47 Å². The molecule has 0 bridgehead atoms. The van der Waals surface area contributed by atoms with Crippen LogP contribution in [-0.2, 0) is 6.42 Å². The molecule has 0 saturated carbocycles. The van der Waals surface area contributed by atoms with Crippen molar-refractivity contribution in [2.75, 3.05) is 14.2 Å². The molecule has 0 fully saturated rings. The van der Waals surface area contributed by atoms with Crippen LogP contribution < -0.4 is 9.47 Å². The topological polar surface area (TPSA) is 38.7 Å². The molecule has 0 heterocycles. The number of aromatic hydroxyl groups is 1. The minimum atomic E-state index is 0.257. The third kappa shape index (κ3) is 3.05. The average Bonchev–Trinajstić information content (AvgIpc) is 2.30. The van der Waals surface area contributed by atoms with Crippen LogP contribution in [0, 0.1) is 0 Å². The molecule has 0 spiro atoms. The number of hydrogen-bond acceptors (Lipinski definition) is 3. The van der Waals surface area contributed by atoms with Crippen molar-refractivity contribution in [1.82, 2.24) is 0 Å². The second-order valence-electron chi connectivity index (χ2n) is 3.78. The van der Waals surface area contributed by atoms with Gasteiger partial charge >= 0.3 is 0 Å². The first-order chi connectivity index (χ1) is 7.72. The van der Waals surface area contributed by atoms with Gasteiger partial charge in [0.1, 0.15) is 17.2 Å². The summed E-state index contributed by atoms with van der Waals surface area (Å²) in [6, 6.07) is 3.44. The maximum atomic E-state index is 9.87. The summed E-state index contributed by atoms with van der Waals surface area (Å²) in [6.07, 6.45) is 4.23.